The van der Waals surface area contributed by atoms with Gasteiger partial charge in [0.1, 0.15) is 10.7 Å². The van der Waals surface area contributed by atoms with Crippen LogP contribution in [0.4, 0.5) is 13.2 Å². The first-order chi connectivity index (χ1) is 9.79. The number of nitrogens with one attached hydrogen (secondary N) is 1. The van der Waals surface area contributed by atoms with Crippen LogP contribution in [0.5, 0.6) is 0 Å². The van der Waals surface area contributed by atoms with Gasteiger partial charge in [-0.1, -0.05) is 0 Å². The van der Waals surface area contributed by atoms with Crippen molar-refractivity contribution in [2.75, 3.05) is 6.54 Å². The second-order valence-electron chi connectivity index (χ2n) is 4.37. The zero-order chi connectivity index (χ0) is 15.6. The summed E-state index contributed by atoms with van der Waals surface area (Å²) in [6, 6.07) is 0.516. The molecule has 0 atom stereocenters. The van der Waals surface area contributed by atoms with Gasteiger partial charge < -0.3 is 0 Å². The zero-order valence-electron chi connectivity index (χ0n) is 11.0. The van der Waals surface area contributed by atoms with Crippen molar-refractivity contribution in [1.82, 2.24) is 14.5 Å². The molecule has 0 fully saturated rings. The number of benzene rings is 1. The highest BCUT2D eigenvalue weighted by Crippen LogP contribution is 2.18. The lowest BCUT2D eigenvalue weighted by atomic mass is 10.3. The molecule has 2 rings (SSSR count). The number of rotatable bonds is 5. The molecule has 0 amide bonds. The first-order valence-electron chi connectivity index (χ1n) is 5.91. The fourth-order valence-electron chi connectivity index (χ4n) is 1.72. The van der Waals surface area contributed by atoms with Gasteiger partial charge in [-0.3, -0.25) is 4.68 Å². The maximum atomic E-state index is 13.4. The van der Waals surface area contributed by atoms with E-state index in [-0.39, 0.29) is 12.6 Å². The summed E-state index contributed by atoms with van der Waals surface area (Å²) in [6.07, 6.45) is 3.59. The smallest absolute Gasteiger partial charge is 0.243 e. The fraction of sp³-hybridized carbons (Fsp3) is 0.250. The summed E-state index contributed by atoms with van der Waals surface area (Å²) in [4.78, 5) is -0.924. The van der Waals surface area contributed by atoms with Crippen LogP contribution in [0.1, 0.15) is 5.56 Å². The van der Waals surface area contributed by atoms with Crippen molar-refractivity contribution in [1.29, 1.82) is 0 Å². The van der Waals surface area contributed by atoms with Crippen molar-refractivity contribution in [3.05, 3.63) is 47.5 Å². The fourth-order valence-corrected chi connectivity index (χ4v) is 2.82. The maximum Gasteiger partial charge on any atom is 0.243 e. The number of halogens is 3. The first-order valence-corrected chi connectivity index (χ1v) is 7.39. The molecule has 5 nitrogen and oxygen atoms in total. The van der Waals surface area contributed by atoms with Gasteiger partial charge >= 0.3 is 0 Å². The Balaban J connectivity index is 2.10. The summed E-state index contributed by atoms with van der Waals surface area (Å²) in [5.74, 6) is -4.21. The van der Waals surface area contributed by atoms with E-state index in [1.165, 1.54) is 0 Å². The molecule has 0 saturated heterocycles. The van der Waals surface area contributed by atoms with Crippen LogP contribution in [0.15, 0.2) is 29.4 Å². The number of aryl methyl sites for hydroxylation is 1. The van der Waals surface area contributed by atoms with E-state index in [0.29, 0.717) is 12.5 Å². The zero-order valence-corrected chi connectivity index (χ0v) is 11.8. The largest absolute Gasteiger partial charge is 0.276 e. The molecular weight excluding hydrogens is 307 g/mol. The highest BCUT2D eigenvalue weighted by Gasteiger charge is 2.21. The van der Waals surface area contributed by atoms with Crippen LogP contribution in [0, 0.1) is 17.5 Å². The molecule has 114 valence electrons. The molecule has 0 bridgehead atoms. The Morgan fingerprint density at radius 1 is 1.19 bits per heavy atom. The van der Waals surface area contributed by atoms with Crippen LogP contribution >= 0.6 is 0 Å². The third-order valence-electron chi connectivity index (χ3n) is 2.73. The van der Waals surface area contributed by atoms with Crippen molar-refractivity contribution in [3.8, 4) is 0 Å². The van der Waals surface area contributed by atoms with Gasteiger partial charge in [-0.15, -0.1) is 0 Å². The quantitative estimate of drug-likeness (QED) is 0.846. The molecule has 0 radical (unpaired) electrons. The molecule has 0 saturated carbocycles. The predicted octanol–water partition coefficient (Wildman–Crippen LogP) is 1.36. The van der Waals surface area contributed by atoms with E-state index < -0.39 is 32.4 Å². The standard InChI is InChI=1S/C12H12F3N3O2S/c1-18-7-8(6-16-18)2-3-17-21(19,20)12-5-10(14)9(13)4-11(12)15/h4-7,17H,2-3H2,1H3. The Morgan fingerprint density at radius 3 is 2.48 bits per heavy atom. The number of hydrogen-bond donors (Lipinski definition) is 1. The van der Waals surface area contributed by atoms with E-state index in [4.69, 9.17) is 0 Å². The topological polar surface area (TPSA) is 64.0 Å². The average molecular weight is 319 g/mol. The molecule has 0 spiro atoms. The molecule has 2 aromatic rings. The molecule has 1 N–H and O–H groups in total. The third-order valence-corrected chi connectivity index (χ3v) is 4.20. The van der Waals surface area contributed by atoms with E-state index in [0.717, 1.165) is 5.56 Å². The molecule has 1 aromatic carbocycles. The van der Waals surface area contributed by atoms with Crippen LogP contribution in [0.3, 0.4) is 0 Å². The van der Waals surface area contributed by atoms with E-state index in [2.05, 4.69) is 9.82 Å². The van der Waals surface area contributed by atoms with Crippen molar-refractivity contribution >= 4 is 10.0 Å². The van der Waals surface area contributed by atoms with E-state index in [9.17, 15) is 21.6 Å². The van der Waals surface area contributed by atoms with Gasteiger partial charge in [-0.2, -0.15) is 5.10 Å². The Labute approximate surface area is 119 Å². The SMILES string of the molecule is Cn1cc(CCNS(=O)(=O)c2cc(F)c(F)cc2F)cn1. The minimum atomic E-state index is -4.25. The van der Waals surface area contributed by atoms with Crippen molar-refractivity contribution in [2.45, 2.75) is 11.3 Å². The number of nitrogens with zero attached hydrogens (tertiary/aromatic N) is 2. The monoisotopic (exact) mass is 319 g/mol. The highest BCUT2D eigenvalue weighted by molar-refractivity contribution is 7.89. The second-order valence-corrected chi connectivity index (χ2v) is 6.10. The lowest BCUT2D eigenvalue weighted by Gasteiger charge is -2.07. The lowest BCUT2D eigenvalue weighted by Crippen LogP contribution is -2.27. The summed E-state index contributed by atoms with van der Waals surface area (Å²) in [5, 5.41) is 3.91. The molecule has 0 aliphatic carbocycles. The Kier molecular flexibility index (Phi) is 4.33. The molecular formula is C12H12F3N3O2S. The van der Waals surface area contributed by atoms with Crippen molar-refractivity contribution in [2.24, 2.45) is 7.05 Å². The normalized spacial score (nSPS) is 11.8. The van der Waals surface area contributed by atoms with E-state index in [1.54, 1.807) is 24.1 Å². The second kappa shape index (κ2) is 5.86. The lowest BCUT2D eigenvalue weighted by molar-refractivity contribution is 0.481. The van der Waals surface area contributed by atoms with Gasteiger partial charge in [0.2, 0.25) is 10.0 Å². The summed E-state index contributed by atoms with van der Waals surface area (Å²) < 4.78 is 66.6. The Bertz CT molecular complexity index is 759. The Hall–Kier alpha value is -1.87. The first kappa shape index (κ1) is 15.5. The number of aromatic nitrogens is 2. The molecule has 0 aliphatic rings. The molecule has 21 heavy (non-hydrogen) atoms. The Morgan fingerprint density at radius 2 is 1.86 bits per heavy atom. The van der Waals surface area contributed by atoms with Gasteiger partial charge in [-0.25, -0.2) is 26.3 Å². The van der Waals surface area contributed by atoms with Gasteiger partial charge in [-0.05, 0) is 18.1 Å². The van der Waals surface area contributed by atoms with Crippen LogP contribution in [0.2, 0.25) is 0 Å². The molecule has 1 heterocycles. The molecule has 9 heteroatoms. The minimum Gasteiger partial charge on any atom is -0.276 e. The van der Waals surface area contributed by atoms with Gasteiger partial charge in [0, 0.05) is 25.9 Å². The molecule has 0 unspecified atom stereocenters. The van der Waals surface area contributed by atoms with Crippen LogP contribution in [0.25, 0.3) is 0 Å². The van der Waals surface area contributed by atoms with Crippen molar-refractivity contribution in [3.63, 3.8) is 0 Å². The van der Waals surface area contributed by atoms with Gasteiger partial charge in [0.25, 0.3) is 0 Å². The van der Waals surface area contributed by atoms with Gasteiger partial charge in [0.05, 0.1) is 6.20 Å². The summed E-state index contributed by atoms with van der Waals surface area (Å²) in [6.45, 7) is -0.0214. The molecule has 0 aliphatic heterocycles. The van der Waals surface area contributed by atoms with E-state index in [1.807, 2.05) is 0 Å². The van der Waals surface area contributed by atoms with Crippen LogP contribution < -0.4 is 4.72 Å². The molecule has 1 aromatic heterocycles. The highest BCUT2D eigenvalue weighted by atomic mass is 32.2. The van der Waals surface area contributed by atoms with Crippen LogP contribution in [-0.2, 0) is 23.5 Å². The average Bonchev–Trinajstić information content (AvgIpc) is 2.79. The maximum absolute atomic E-state index is 13.4. The van der Waals surface area contributed by atoms with Crippen LogP contribution in [-0.4, -0.2) is 24.7 Å². The number of hydrogen-bond acceptors (Lipinski definition) is 3. The predicted molar refractivity (Wildman–Crippen MR) is 68.4 cm³/mol. The number of sulfonamides is 1. The van der Waals surface area contributed by atoms with Crippen molar-refractivity contribution < 1.29 is 21.6 Å². The summed E-state index contributed by atoms with van der Waals surface area (Å²) in [7, 11) is -2.54. The van der Waals surface area contributed by atoms with Gasteiger partial charge in [0.15, 0.2) is 11.6 Å². The van der Waals surface area contributed by atoms with E-state index >= 15 is 0 Å². The third kappa shape index (κ3) is 3.61. The summed E-state index contributed by atoms with van der Waals surface area (Å²) >= 11 is 0. The minimum absolute atomic E-state index is 0.0214. The summed E-state index contributed by atoms with van der Waals surface area (Å²) in [5.41, 5.74) is 0.783.